The van der Waals surface area contributed by atoms with Crippen LogP contribution >= 0.6 is 15.9 Å². The molecular weight excluding hydrogens is 270 g/mol. The first-order valence-corrected chi connectivity index (χ1v) is 5.84. The fourth-order valence-electron chi connectivity index (χ4n) is 1.75. The summed E-state index contributed by atoms with van der Waals surface area (Å²) in [6, 6.07) is 8.23. The van der Waals surface area contributed by atoms with E-state index in [4.69, 9.17) is 9.47 Å². The minimum Gasteiger partial charge on any atom is -0.354 e. The van der Waals surface area contributed by atoms with Crippen molar-refractivity contribution in [2.24, 2.45) is 0 Å². The zero-order valence-corrected chi connectivity index (χ0v) is 10.9. The highest BCUT2D eigenvalue weighted by Crippen LogP contribution is 2.24. The molecular formula is C12H14BrNO2. The van der Waals surface area contributed by atoms with Gasteiger partial charge in [0, 0.05) is 35.8 Å². The highest BCUT2D eigenvalue weighted by atomic mass is 79.9. The molecule has 0 aliphatic carbocycles. The van der Waals surface area contributed by atoms with Gasteiger partial charge in [0.2, 0.25) is 0 Å². The number of rotatable bonds is 4. The monoisotopic (exact) mass is 283 g/mol. The van der Waals surface area contributed by atoms with Gasteiger partial charge in [-0.15, -0.1) is 0 Å². The number of benzene rings is 1. The van der Waals surface area contributed by atoms with Crippen LogP contribution in [0.1, 0.15) is 0 Å². The molecule has 16 heavy (non-hydrogen) atoms. The van der Waals surface area contributed by atoms with Gasteiger partial charge in [-0.1, -0.05) is 22.0 Å². The van der Waals surface area contributed by atoms with E-state index >= 15 is 0 Å². The lowest BCUT2D eigenvalue weighted by atomic mass is 10.2. The molecule has 2 rings (SSSR count). The highest BCUT2D eigenvalue weighted by Gasteiger charge is 2.09. The average Bonchev–Trinajstić information content (AvgIpc) is 2.71. The van der Waals surface area contributed by atoms with Crippen LogP contribution in [0.15, 0.2) is 34.9 Å². The van der Waals surface area contributed by atoms with Crippen molar-refractivity contribution in [3.05, 3.63) is 34.9 Å². The SMILES string of the molecule is COC(Cn1ccc2c(Br)cccc21)OC. The molecule has 0 atom stereocenters. The summed E-state index contributed by atoms with van der Waals surface area (Å²) < 4.78 is 13.6. The summed E-state index contributed by atoms with van der Waals surface area (Å²) >= 11 is 3.53. The minimum atomic E-state index is -0.213. The van der Waals surface area contributed by atoms with Crippen molar-refractivity contribution in [2.45, 2.75) is 12.8 Å². The Bertz CT molecular complexity index is 477. The fourth-order valence-corrected chi connectivity index (χ4v) is 2.24. The molecule has 0 radical (unpaired) electrons. The van der Waals surface area contributed by atoms with Gasteiger partial charge in [-0.25, -0.2) is 0 Å². The Morgan fingerprint density at radius 3 is 2.69 bits per heavy atom. The van der Waals surface area contributed by atoms with E-state index in [0.717, 1.165) is 4.47 Å². The number of hydrogen-bond donors (Lipinski definition) is 0. The van der Waals surface area contributed by atoms with Crippen LogP contribution < -0.4 is 0 Å². The maximum Gasteiger partial charge on any atom is 0.174 e. The van der Waals surface area contributed by atoms with Gasteiger partial charge in [-0.05, 0) is 18.2 Å². The number of aromatic nitrogens is 1. The molecule has 1 aromatic carbocycles. The molecule has 2 aromatic rings. The molecule has 0 aliphatic heterocycles. The Balaban J connectivity index is 2.35. The largest absolute Gasteiger partial charge is 0.354 e. The number of hydrogen-bond acceptors (Lipinski definition) is 2. The Hall–Kier alpha value is -0.840. The number of fused-ring (bicyclic) bond motifs is 1. The van der Waals surface area contributed by atoms with Crippen molar-refractivity contribution in [1.82, 2.24) is 4.57 Å². The summed E-state index contributed by atoms with van der Waals surface area (Å²) in [5.74, 6) is 0. The molecule has 86 valence electrons. The van der Waals surface area contributed by atoms with E-state index in [1.807, 2.05) is 18.3 Å². The van der Waals surface area contributed by atoms with Crippen LogP contribution in [-0.4, -0.2) is 25.1 Å². The maximum absolute atomic E-state index is 5.20. The normalized spacial score (nSPS) is 11.5. The summed E-state index contributed by atoms with van der Waals surface area (Å²) in [7, 11) is 3.30. The lowest BCUT2D eigenvalue weighted by molar-refractivity contribution is -0.110. The van der Waals surface area contributed by atoms with E-state index in [1.165, 1.54) is 10.9 Å². The minimum absolute atomic E-state index is 0.213. The van der Waals surface area contributed by atoms with Crippen LogP contribution in [-0.2, 0) is 16.0 Å². The number of halogens is 1. The Kier molecular flexibility index (Phi) is 3.63. The summed E-state index contributed by atoms with van der Waals surface area (Å²) in [5, 5.41) is 1.20. The Morgan fingerprint density at radius 1 is 1.25 bits per heavy atom. The average molecular weight is 284 g/mol. The lowest BCUT2D eigenvalue weighted by Crippen LogP contribution is -2.19. The van der Waals surface area contributed by atoms with Crippen LogP contribution in [0.5, 0.6) is 0 Å². The topological polar surface area (TPSA) is 23.4 Å². The van der Waals surface area contributed by atoms with Gasteiger partial charge < -0.3 is 14.0 Å². The molecule has 4 heteroatoms. The molecule has 0 bridgehead atoms. The van der Waals surface area contributed by atoms with Gasteiger partial charge in [-0.3, -0.25) is 0 Å². The van der Waals surface area contributed by atoms with Gasteiger partial charge >= 0.3 is 0 Å². The zero-order valence-electron chi connectivity index (χ0n) is 9.31. The van der Waals surface area contributed by atoms with Gasteiger partial charge in [0.1, 0.15) is 0 Å². The highest BCUT2D eigenvalue weighted by molar-refractivity contribution is 9.10. The van der Waals surface area contributed by atoms with Gasteiger partial charge in [0.05, 0.1) is 6.54 Å². The van der Waals surface area contributed by atoms with Crippen molar-refractivity contribution < 1.29 is 9.47 Å². The maximum atomic E-state index is 5.20. The van der Waals surface area contributed by atoms with Crippen molar-refractivity contribution in [1.29, 1.82) is 0 Å². The molecule has 1 aromatic heterocycles. The van der Waals surface area contributed by atoms with E-state index in [0.29, 0.717) is 6.54 Å². The van der Waals surface area contributed by atoms with E-state index in [2.05, 4.69) is 32.6 Å². The fraction of sp³-hybridized carbons (Fsp3) is 0.333. The van der Waals surface area contributed by atoms with Crippen molar-refractivity contribution >= 4 is 26.8 Å². The molecule has 3 nitrogen and oxygen atoms in total. The third kappa shape index (κ3) is 2.14. The van der Waals surface area contributed by atoms with Crippen LogP contribution in [0, 0.1) is 0 Å². The van der Waals surface area contributed by atoms with Crippen LogP contribution in [0.25, 0.3) is 10.9 Å². The Labute approximate surface area is 103 Å². The molecule has 0 spiro atoms. The molecule has 0 N–H and O–H groups in total. The number of methoxy groups -OCH3 is 2. The van der Waals surface area contributed by atoms with E-state index < -0.39 is 0 Å². The van der Waals surface area contributed by atoms with Crippen molar-refractivity contribution in [2.75, 3.05) is 14.2 Å². The molecule has 1 heterocycles. The third-order valence-corrected chi connectivity index (χ3v) is 3.32. The zero-order chi connectivity index (χ0) is 11.5. The van der Waals surface area contributed by atoms with Crippen molar-refractivity contribution in [3.8, 4) is 0 Å². The first kappa shape index (κ1) is 11.6. The van der Waals surface area contributed by atoms with Crippen LogP contribution in [0.4, 0.5) is 0 Å². The quantitative estimate of drug-likeness (QED) is 0.806. The molecule has 0 amide bonds. The van der Waals surface area contributed by atoms with E-state index in [1.54, 1.807) is 14.2 Å². The van der Waals surface area contributed by atoms with E-state index in [-0.39, 0.29) is 6.29 Å². The van der Waals surface area contributed by atoms with E-state index in [9.17, 15) is 0 Å². The summed E-state index contributed by atoms with van der Waals surface area (Å²) in [6.45, 7) is 0.687. The predicted molar refractivity (Wildman–Crippen MR) is 67.4 cm³/mol. The first-order chi connectivity index (χ1) is 7.76. The van der Waals surface area contributed by atoms with Crippen LogP contribution in [0.3, 0.4) is 0 Å². The van der Waals surface area contributed by atoms with Gasteiger partial charge in [-0.2, -0.15) is 0 Å². The summed E-state index contributed by atoms with van der Waals surface area (Å²) in [6.07, 6.45) is 1.83. The van der Waals surface area contributed by atoms with Crippen molar-refractivity contribution in [3.63, 3.8) is 0 Å². The standard InChI is InChI=1S/C12H14BrNO2/c1-15-12(16-2)8-14-7-6-9-10(13)4-3-5-11(9)14/h3-7,12H,8H2,1-2H3. The molecule has 0 aliphatic rings. The van der Waals surface area contributed by atoms with Gasteiger partial charge in [0.15, 0.2) is 6.29 Å². The molecule has 0 fully saturated rings. The second kappa shape index (κ2) is 4.99. The Morgan fingerprint density at radius 2 is 2.00 bits per heavy atom. The lowest BCUT2D eigenvalue weighted by Gasteiger charge is -2.14. The summed E-state index contributed by atoms with van der Waals surface area (Å²) in [4.78, 5) is 0. The molecule has 0 saturated carbocycles. The van der Waals surface area contributed by atoms with Crippen LogP contribution in [0.2, 0.25) is 0 Å². The smallest absolute Gasteiger partial charge is 0.174 e. The number of nitrogens with zero attached hydrogens (tertiary/aromatic N) is 1. The summed E-state index contributed by atoms with van der Waals surface area (Å²) in [5.41, 5.74) is 1.17. The number of ether oxygens (including phenoxy) is 2. The third-order valence-electron chi connectivity index (χ3n) is 2.63. The molecule has 0 unspecified atom stereocenters. The molecule has 0 saturated heterocycles. The predicted octanol–water partition coefficient (Wildman–Crippen LogP) is 3.02. The second-order valence-electron chi connectivity index (χ2n) is 3.54. The second-order valence-corrected chi connectivity index (χ2v) is 4.40. The van der Waals surface area contributed by atoms with Gasteiger partial charge in [0.25, 0.3) is 0 Å². The first-order valence-electron chi connectivity index (χ1n) is 5.05.